The minimum Gasteiger partial charge on any atom is -0.508 e. The van der Waals surface area contributed by atoms with Crippen molar-refractivity contribution in [2.24, 2.45) is 39.8 Å². The van der Waals surface area contributed by atoms with E-state index in [1.54, 1.807) is 13.8 Å². The molecule has 0 heterocycles. The summed E-state index contributed by atoms with van der Waals surface area (Å²) in [7, 11) is 0. The third kappa shape index (κ3) is 28.4. The Balaban J connectivity index is 2.40. The first kappa shape index (κ1) is 76.4. The molecule has 2 aromatic carbocycles. The molecule has 0 saturated heterocycles. The van der Waals surface area contributed by atoms with E-state index in [4.69, 9.17) is 28.0 Å². The highest BCUT2D eigenvalue weighted by Gasteiger charge is 2.37. The highest BCUT2D eigenvalue weighted by Crippen LogP contribution is 2.16. The molecule has 0 fully saturated rings. The second kappa shape index (κ2) is 38.6. The van der Waals surface area contributed by atoms with E-state index < -0.39 is 175 Å². The number of hydrogen-bond donors (Lipinski definition) is 19. The number of nitrogens with one attached hydrogen (secondary N) is 9. The van der Waals surface area contributed by atoms with Gasteiger partial charge in [-0.3, -0.25) is 62.5 Å². The summed E-state index contributed by atoms with van der Waals surface area (Å²) >= 11 is 0. The molecule has 2 aromatic rings. The lowest BCUT2D eigenvalue weighted by molar-refractivity contribution is -0.142. The molecule has 23 N–H and O–H groups in total. The zero-order chi connectivity index (χ0) is 67.9. The Hall–Kier alpha value is -9.66. The van der Waals surface area contributed by atoms with E-state index in [2.05, 4.69) is 52.8 Å². The lowest BCUT2D eigenvalue weighted by Gasteiger charge is -2.29. The van der Waals surface area contributed by atoms with Crippen LogP contribution in [0, 0.1) is 11.8 Å². The number of benzene rings is 2. The first-order chi connectivity index (χ1) is 42.2. The molecule has 9 amide bonds. The number of carbonyl (C=O) groups excluding carboxylic acids is 9. The van der Waals surface area contributed by atoms with Gasteiger partial charge in [0.2, 0.25) is 53.2 Å². The van der Waals surface area contributed by atoms with Crippen molar-refractivity contribution >= 4 is 83.0 Å². The van der Waals surface area contributed by atoms with Crippen molar-refractivity contribution in [1.82, 2.24) is 47.9 Å². The van der Waals surface area contributed by atoms with Gasteiger partial charge in [0.1, 0.15) is 65.9 Å². The SMILES string of the molecule is CC(C)[C@H](NC(=O)[C@H](CCCCN)NC(=O)[C@H](C)NC(=O)[C@H](CCC(=O)O)NC(=O)[C@@H](NC(=O)[C@H](CC(=O)O)NC(=O)[C@H](Cc1ccc(O)cc1)NC(=O)[C@H](CCCN=C(N)N)NC(=O)[C@@H](N)CCC(=O)O)C(C)C)C(=O)N[C@@H](Cc1ccc(O)cc1)C(=O)O. The van der Waals surface area contributed by atoms with Crippen LogP contribution in [-0.2, 0) is 75.2 Å². The summed E-state index contributed by atoms with van der Waals surface area (Å²) in [5, 5.41) is 79.9. The summed E-state index contributed by atoms with van der Waals surface area (Å²) in [6, 6.07) is -4.67. The predicted molar refractivity (Wildman–Crippen MR) is 321 cm³/mol. The molecule has 2 rings (SSSR count). The molecule has 0 unspecified atom stereocenters. The Morgan fingerprint density at radius 2 is 0.822 bits per heavy atom. The van der Waals surface area contributed by atoms with Crippen molar-refractivity contribution in [3.05, 3.63) is 59.7 Å². The van der Waals surface area contributed by atoms with Crippen LogP contribution in [0.1, 0.15) is 110 Å². The lowest BCUT2D eigenvalue weighted by Crippen LogP contribution is -2.61. The van der Waals surface area contributed by atoms with Gasteiger partial charge in [0.05, 0.1) is 12.5 Å². The lowest BCUT2D eigenvalue weighted by atomic mass is 10.00. The van der Waals surface area contributed by atoms with Gasteiger partial charge >= 0.3 is 23.9 Å². The standard InChI is InChI=1S/C57H86N14O19/c1-28(2)45(71-53(86)40(27-44(78)79)68-52(85)39(25-31-11-15-33(72)16-12-31)67-50(83)37(10-8-24-62-57(60)61)65-48(81)35(59)19-21-42(74)75)54(87)66-38(20-22-43(76)77)49(82)63-30(5)47(80)64-36(9-6-7-23-58)51(84)70-46(29(3)4)55(88)69-41(56(89)90)26-32-13-17-34(73)18-14-32/h11-18,28-30,35-41,45-46,72-73H,6-10,19-27,58-59H2,1-5H3,(H,63,82)(H,64,80)(H,65,81)(H,66,87)(H,67,83)(H,68,85)(H,69,88)(H,70,84)(H,71,86)(H,74,75)(H,76,77)(H,78,79)(H,89,90)(H4,60,61,62)/t30-,35-,36-,37-,38-,39-,40-,41-,45-,46-/m0/s1. The second-order valence-corrected chi connectivity index (χ2v) is 21.9. The van der Waals surface area contributed by atoms with E-state index in [-0.39, 0.29) is 75.5 Å². The summed E-state index contributed by atoms with van der Waals surface area (Å²) in [5.41, 5.74) is 23.2. The van der Waals surface area contributed by atoms with Crippen LogP contribution in [0.15, 0.2) is 53.5 Å². The Morgan fingerprint density at radius 1 is 0.433 bits per heavy atom. The minimum atomic E-state index is -2.00. The average molecular weight is 1270 g/mol. The molecule has 0 radical (unpaired) electrons. The van der Waals surface area contributed by atoms with Crippen LogP contribution in [0.25, 0.3) is 0 Å². The average Bonchev–Trinajstić information content (AvgIpc) is 1.29. The quantitative estimate of drug-likeness (QED) is 0.0174. The van der Waals surface area contributed by atoms with Crippen molar-refractivity contribution in [2.45, 2.75) is 172 Å². The number of amides is 9. The topological polar surface area (TPSA) is 568 Å². The number of phenols is 2. The third-order valence-electron chi connectivity index (χ3n) is 13.7. The van der Waals surface area contributed by atoms with Gasteiger partial charge < -0.3 is 101 Å². The van der Waals surface area contributed by atoms with Gasteiger partial charge in [0.25, 0.3) is 0 Å². The van der Waals surface area contributed by atoms with Gasteiger partial charge in [-0.2, -0.15) is 0 Å². The number of carboxylic acids is 4. The number of guanidine groups is 1. The monoisotopic (exact) mass is 1270 g/mol. The smallest absolute Gasteiger partial charge is 0.326 e. The molecule has 0 aliphatic rings. The fourth-order valence-corrected chi connectivity index (χ4v) is 8.61. The molecular weight excluding hydrogens is 1180 g/mol. The van der Waals surface area contributed by atoms with Crippen molar-refractivity contribution in [3.8, 4) is 11.5 Å². The van der Waals surface area contributed by atoms with Crippen molar-refractivity contribution in [3.63, 3.8) is 0 Å². The summed E-state index contributed by atoms with van der Waals surface area (Å²) in [6.07, 6.45) is -3.26. The molecule has 90 heavy (non-hydrogen) atoms. The number of aliphatic imine (C=N–C) groups is 1. The fraction of sp³-hybridized carbons (Fsp3) is 0.544. The summed E-state index contributed by atoms with van der Waals surface area (Å²) in [5.74, 6) is -17.0. The summed E-state index contributed by atoms with van der Waals surface area (Å²) < 4.78 is 0. The van der Waals surface area contributed by atoms with E-state index in [9.17, 15) is 87.9 Å². The largest absolute Gasteiger partial charge is 0.508 e. The molecular formula is C57H86N14O19. The summed E-state index contributed by atoms with van der Waals surface area (Å²) in [6.45, 7) is 7.41. The zero-order valence-corrected chi connectivity index (χ0v) is 50.7. The molecule has 498 valence electrons. The number of rotatable bonds is 41. The maximum absolute atomic E-state index is 14.3. The molecule has 33 heteroatoms. The number of nitrogens with zero attached hydrogens (tertiary/aromatic N) is 1. The highest BCUT2D eigenvalue weighted by molar-refractivity contribution is 5.99. The predicted octanol–water partition coefficient (Wildman–Crippen LogP) is -3.62. The van der Waals surface area contributed by atoms with Gasteiger partial charge in [0, 0.05) is 32.2 Å². The van der Waals surface area contributed by atoms with Crippen LogP contribution in [0.2, 0.25) is 0 Å². The molecule has 0 aromatic heterocycles. The molecule has 0 saturated carbocycles. The number of carbonyl (C=O) groups is 13. The maximum atomic E-state index is 14.3. The van der Waals surface area contributed by atoms with Gasteiger partial charge in [-0.25, -0.2) is 4.79 Å². The zero-order valence-electron chi connectivity index (χ0n) is 50.7. The molecule has 10 atom stereocenters. The number of unbranched alkanes of at least 4 members (excludes halogenated alkanes) is 1. The Labute approximate surface area is 518 Å². The van der Waals surface area contributed by atoms with Crippen LogP contribution in [0.5, 0.6) is 11.5 Å². The van der Waals surface area contributed by atoms with Gasteiger partial charge in [-0.15, -0.1) is 0 Å². The number of phenolic OH excluding ortho intramolecular Hbond substituents is 2. The van der Waals surface area contributed by atoms with E-state index in [1.165, 1.54) is 69.3 Å². The normalized spacial score (nSPS) is 14.4. The molecule has 0 aliphatic heterocycles. The third-order valence-corrected chi connectivity index (χ3v) is 13.7. The van der Waals surface area contributed by atoms with E-state index in [0.29, 0.717) is 17.5 Å². The molecule has 0 bridgehead atoms. The van der Waals surface area contributed by atoms with Crippen LogP contribution in [-0.4, -0.2) is 187 Å². The Morgan fingerprint density at radius 3 is 1.29 bits per heavy atom. The highest BCUT2D eigenvalue weighted by atomic mass is 16.4. The summed E-state index contributed by atoms with van der Waals surface area (Å²) in [4.78, 5) is 176. The van der Waals surface area contributed by atoms with Crippen LogP contribution in [0.3, 0.4) is 0 Å². The molecule has 0 spiro atoms. The number of hydrogen-bond acceptors (Lipinski definition) is 18. The maximum Gasteiger partial charge on any atom is 0.326 e. The van der Waals surface area contributed by atoms with E-state index >= 15 is 0 Å². The number of aliphatic carboxylic acids is 4. The second-order valence-electron chi connectivity index (χ2n) is 21.9. The van der Waals surface area contributed by atoms with Crippen LogP contribution in [0.4, 0.5) is 0 Å². The Kier molecular flexibility index (Phi) is 32.8. The van der Waals surface area contributed by atoms with Crippen molar-refractivity contribution < 1.29 is 93.0 Å². The van der Waals surface area contributed by atoms with Gasteiger partial charge in [-0.1, -0.05) is 52.0 Å². The number of aromatic hydroxyl groups is 2. The van der Waals surface area contributed by atoms with E-state index in [1.807, 2.05) is 0 Å². The minimum absolute atomic E-state index is 0.0282. The fourth-order valence-electron chi connectivity index (χ4n) is 8.61. The van der Waals surface area contributed by atoms with Crippen LogP contribution >= 0.6 is 0 Å². The first-order valence-corrected chi connectivity index (χ1v) is 28.9. The van der Waals surface area contributed by atoms with Gasteiger partial charge in [0.15, 0.2) is 5.96 Å². The number of nitrogens with two attached hydrogens (primary N) is 4. The van der Waals surface area contributed by atoms with Gasteiger partial charge in [-0.05, 0) is 106 Å². The first-order valence-electron chi connectivity index (χ1n) is 28.9. The molecule has 33 nitrogen and oxygen atoms in total. The van der Waals surface area contributed by atoms with Crippen LogP contribution < -0.4 is 70.8 Å². The molecule has 0 aliphatic carbocycles. The number of carboxylic acid groups (broad SMARTS) is 4. The van der Waals surface area contributed by atoms with Crippen molar-refractivity contribution in [1.29, 1.82) is 0 Å². The van der Waals surface area contributed by atoms with Crippen molar-refractivity contribution in [2.75, 3.05) is 13.1 Å². The Bertz CT molecular complexity index is 2830. The van der Waals surface area contributed by atoms with E-state index in [0.717, 1.165) is 0 Å².